The van der Waals surface area contributed by atoms with Crippen molar-refractivity contribution in [1.82, 2.24) is 9.97 Å². The number of nitrogens with zero attached hydrogens (tertiary/aromatic N) is 2. The molecule has 0 saturated carbocycles. The van der Waals surface area contributed by atoms with Crippen molar-refractivity contribution in [3.63, 3.8) is 0 Å². The Balaban J connectivity index is 0.000000157. The van der Waals surface area contributed by atoms with E-state index in [4.69, 9.17) is 17.0 Å². The summed E-state index contributed by atoms with van der Waals surface area (Å²) in [5.41, 5.74) is 9.81. The predicted octanol–water partition coefficient (Wildman–Crippen LogP) is 9.85. The first-order valence-corrected chi connectivity index (χ1v) is 18.4. The van der Waals surface area contributed by atoms with E-state index in [0.29, 0.717) is 0 Å². The van der Waals surface area contributed by atoms with Crippen molar-refractivity contribution in [2.45, 2.75) is 27.7 Å². The predicted molar refractivity (Wildman–Crippen MR) is 156 cm³/mol. The normalized spacial score (nSPS) is 10.3. The summed E-state index contributed by atoms with van der Waals surface area (Å²) in [5.74, 6) is 0. The van der Waals surface area contributed by atoms with Gasteiger partial charge in [-0.05, 0) is 35.4 Å². The Morgan fingerprint density at radius 3 is 1.35 bits per heavy atom. The van der Waals surface area contributed by atoms with Crippen LogP contribution in [-0.2, 0) is 20.8 Å². The van der Waals surface area contributed by atoms with Crippen LogP contribution in [0, 0.1) is 27.7 Å². The molecule has 4 aromatic carbocycles. The summed E-state index contributed by atoms with van der Waals surface area (Å²) in [6, 6.07) is 29.7. The van der Waals surface area contributed by atoms with Gasteiger partial charge in [0.1, 0.15) is 0 Å². The number of pyridine rings is 2. The summed E-state index contributed by atoms with van der Waals surface area (Å²) in [5, 5.41) is 5.29. The van der Waals surface area contributed by atoms with Crippen LogP contribution in [0.2, 0.25) is 0 Å². The van der Waals surface area contributed by atoms with Crippen LogP contribution in [0.25, 0.3) is 44.1 Å². The molecule has 2 heterocycles. The molecule has 0 unspecified atom stereocenters. The van der Waals surface area contributed by atoms with Crippen molar-refractivity contribution in [2.24, 2.45) is 0 Å². The monoisotopic (exact) mass is 600 g/mol. The Labute approximate surface area is 237 Å². The van der Waals surface area contributed by atoms with Crippen molar-refractivity contribution in [1.29, 1.82) is 0 Å². The fourth-order valence-corrected chi connectivity index (χ4v) is 4.67. The summed E-state index contributed by atoms with van der Waals surface area (Å²) in [6.07, 6.45) is 3.69. The summed E-state index contributed by atoms with van der Waals surface area (Å²) in [6.45, 7) is 8.59. The Kier molecular flexibility index (Phi) is 9.49. The number of aryl methyl sites for hydroxylation is 4. The van der Waals surface area contributed by atoms with Gasteiger partial charge in [-0.15, -0.1) is 68.1 Å². The average molecular weight is 603 g/mol. The first-order valence-electron chi connectivity index (χ1n) is 12.0. The fraction of sp³-hybridized carbons (Fsp3) is 0.125. The SMILES string of the molecule is Cc1cc2c(-c3ccccn3)ccc(C)c2[cH-]1.Cc1cc2c(-c3ccccn3)ccc(C)c2[cH-]1.[Cl][Zr+2][Cl]. The van der Waals surface area contributed by atoms with Gasteiger partial charge in [0.05, 0.1) is 11.4 Å². The van der Waals surface area contributed by atoms with Crippen molar-refractivity contribution in [3.8, 4) is 22.5 Å². The van der Waals surface area contributed by atoms with Gasteiger partial charge in [0.15, 0.2) is 0 Å². The second-order valence-electron chi connectivity index (χ2n) is 9.08. The molecule has 184 valence electrons. The Bertz CT molecular complexity index is 1480. The van der Waals surface area contributed by atoms with E-state index >= 15 is 0 Å². The molecular formula is C32H28Cl2N2Zr. The van der Waals surface area contributed by atoms with Gasteiger partial charge < -0.3 is 0 Å². The van der Waals surface area contributed by atoms with Gasteiger partial charge in [0.25, 0.3) is 0 Å². The standard InChI is InChI=1S/2C16H14N.2ClH.Zr/c2*1-11-9-14-12(2)6-7-13(15(14)10-11)16-5-3-4-8-17-16;;;/h2*3-10H,1-2H3;2*1H;/q2*-1;;;+4/p-2. The molecule has 0 aliphatic heterocycles. The Hall–Kier alpha value is -2.58. The Morgan fingerprint density at radius 2 is 1.00 bits per heavy atom. The van der Waals surface area contributed by atoms with Gasteiger partial charge in [-0.3, -0.25) is 9.97 Å². The van der Waals surface area contributed by atoms with Crippen LogP contribution >= 0.6 is 17.0 Å². The molecule has 0 atom stereocenters. The van der Waals surface area contributed by atoms with Gasteiger partial charge in [-0.25, -0.2) is 0 Å². The van der Waals surface area contributed by atoms with Gasteiger partial charge in [-0.1, -0.05) is 52.0 Å². The van der Waals surface area contributed by atoms with Gasteiger partial charge in [-0.2, -0.15) is 12.1 Å². The summed E-state index contributed by atoms with van der Waals surface area (Å²) in [4.78, 5) is 8.88. The Morgan fingerprint density at radius 1 is 0.595 bits per heavy atom. The third-order valence-corrected chi connectivity index (χ3v) is 6.38. The second kappa shape index (κ2) is 12.8. The van der Waals surface area contributed by atoms with Crippen molar-refractivity contribution < 1.29 is 20.8 Å². The summed E-state index contributed by atoms with van der Waals surface area (Å²) in [7, 11) is 9.87. The molecule has 0 spiro atoms. The molecule has 6 aromatic rings. The zero-order valence-corrected chi connectivity index (χ0v) is 25.4. The minimum atomic E-state index is -0.826. The molecule has 0 bridgehead atoms. The van der Waals surface area contributed by atoms with Crippen LogP contribution in [0.15, 0.2) is 97.3 Å². The molecule has 0 amide bonds. The molecular weight excluding hydrogens is 574 g/mol. The zero-order chi connectivity index (χ0) is 26.4. The van der Waals surface area contributed by atoms with E-state index in [-0.39, 0.29) is 0 Å². The van der Waals surface area contributed by atoms with Crippen LogP contribution in [-0.4, -0.2) is 9.97 Å². The molecule has 0 fully saturated rings. The first-order chi connectivity index (χ1) is 17.9. The van der Waals surface area contributed by atoms with E-state index in [9.17, 15) is 0 Å². The molecule has 2 nitrogen and oxygen atoms in total. The molecule has 5 heteroatoms. The van der Waals surface area contributed by atoms with E-state index in [0.717, 1.165) is 11.4 Å². The number of benzene rings is 2. The third-order valence-electron chi connectivity index (χ3n) is 6.38. The van der Waals surface area contributed by atoms with E-state index in [1.165, 1.54) is 54.9 Å². The number of hydrogen-bond acceptors (Lipinski definition) is 2. The maximum atomic E-state index is 4.93. The fourth-order valence-electron chi connectivity index (χ4n) is 4.67. The number of hydrogen-bond donors (Lipinski definition) is 0. The van der Waals surface area contributed by atoms with Crippen LogP contribution in [0.3, 0.4) is 0 Å². The molecule has 0 aliphatic carbocycles. The molecule has 2 aromatic heterocycles. The van der Waals surface area contributed by atoms with Gasteiger partial charge in [0.2, 0.25) is 0 Å². The van der Waals surface area contributed by atoms with E-state index in [1.807, 2.05) is 36.7 Å². The molecule has 0 N–H and O–H groups in total. The van der Waals surface area contributed by atoms with Crippen LogP contribution in [0.4, 0.5) is 0 Å². The van der Waals surface area contributed by atoms with Crippen LogP contribution < -0.4 is 0 Å². The van der Waals surface area contributed by atoms with Crippen molar-refractivity contribution in [2.75, 3.05) is 0 Å². The topological polar surface area (TPSA) is 25.8 Å². The third kappa shape index (κ3) is 6.47. The van der Waals surface area contributed by atoms with Crippen molar-refractivity contribution >= 4 is 38.6 Å². The maximum absolute atomic E-state index is 4.93. The number of aromatic nitrogens is 2. The second-order valence-corrected chi connectivity index (χ2v) is 12.8. The average Bonchev–Trinajstić information content (AvgIpc) is 3.50. The summed E-state index contributed by atoms with van der Waals surface area (Å²) < 4.78 is 0. The van der Waals surface area contributed by atoms with Crippen LogP contribution in [0.1, 0.15) is 22.3 Å². The quantitative estimate of drug-likeness (QED) is 0.184. The van der Waals surface area contributed by atoms with Crippen molar-refractivity contribution in [3.05, 3.63) is 120 Å². The first kappa shape index (κ1) is 27.5. The van der Waals surface area contributed by atoms with E-state index in [1.54, 1.807) is 0 Å². The number of fused-ring (bicyclic) bond motifs is 2. The van der Waals surface area contributed by atoms with E-state index < -0.39 is 20.8 Å². The minimum absolute atomic E-state index is 0.826. The van der Waals surface area contributed by atoms with Crippen LogP contribution in [0.5, 0.6) is 0 Å². The summed E-state index contributed by atoms with van der Waals surface area (Å²) >= 11 is -0.826. The molecule has 6 rings (SSSR count). The molecule has 0 saturated heterocycles. The van der Waals surface area contributed by atoms with E-state index in [2.05, 4.69) is 98.3 Å². The van der Waals surface area contributed by atoms with Gasteiger partial charge in [0, 0.05) is 12.4 Å². The zero-order valence-electron chi connectivity index (χ0n) is 21.4. The molecule has 37 heavy (non-hydrogen) atoms. The number of halogens is 2. The van der Waals surface area contributed by atoms with Gasteiger partial charge >= 0.3 is 37.9 Å². The molecule has 0 aliphatic rings. The number of rotatable bonds is 2. The molecule has 0 radical (unpaired) electrons.